The van der Waals surface area contributed by atoms with Crippen molar-refractivity contribution in [2.45, 2.75) is 45.0 Å². The van der Waals surface area contributed by atoms with Crippen LogP contribution in [0.5, 0.6) is 0 Å². The van der Waals surface area contributed by atoms with Gasteiger partial charge in [0.1, 0.15) is 0 Å². The second-order valence-corrected chi connectivity index (χ2v) is 4.93. The van der Waals surface area contributed by atoms with Gasteiger partial charge in [-0.15, -0.1) is 11.6 Å². The van der Waals surface area contributed by atoms with Gasteiger partial charge in [0.05, 0.1) is 0 Å². The first-order valence-corrected chi connectivity index (χ1v) is 5.86. The van der Waals surface area contributed by atoms with E-state index in [1.54, 1.807) is 7.11 Å². The lowest BCUT2D eigenvalue weighted by molar-refractivity contribution is 0.185. The summed E-state index contributed by atoms with van der Waals surface area (Å²) in [5.41, 5.74) is 0. The number of methoxy groups -OCH3 is 1. The molecule has 86 valence electrons. The molecule has 2 atom stereocenters. The topological polar surface area (TPSA) is 21.3 Å². The lowest BCUT2D eigenvalue weighted by atomic mass is 10.1. The summed E-state index contributed by atoms with van der Waals surface area (Å²) in [7, 11) is 1.73. The second kappa shape index (κ2) is 8.51. The van der Waals surface area contributed by atoms with Gasteiger partial charge < -0.3 is 10.1 Å². The minimum Gasteiger partial charge on any atom is -0.385 e. The van der Waals surface area contributed by atoms with Crippen LogP contribution in [0.15, 0.2) is 0 Å². The van der Waals surface area contributed by atoms with Crippen LogP contribution in [0, 0.1) is 5.92 Å². The van der Waals surface area contributed by atoms with E-state index in [1.165, 1.54) is 0 Å². The molecule has 3 heteroatoms. The highest BCUT2D eigenvalue weighted by molar-refractivity contribution is 6.20. The molecule has 0 saturated carbocycles. The number of nitrogens with one attached hydrogen (secondary N) is 1. The molecule has 0 radical (unpaired) electrons. The van der Waals surface area contributed by atoms with Gasteiger partial charge in [0.15, 0.2) is 0 Å². The molecule has 0 heterocycles. The van der Waals surface area contributed by atoms with Crippen molar-refractivity contribution in [3.63, 3.8) is 0 Å². The minimum absolute atomic E-state index is 0.250. The van der Waals surface area contributed by atoms with Gasteiger partial charge in [-0.1, -0.05) is 13.8 Å². The van der Waals surface area contributed by atoms with E-state index in [2.05, 4.69) is 26.1 Å². The largest absolute Gasteiger partial charge is 0.385 e. The van der Waals surface area contributed by atoms with Crippen LogP contribution < -0.4 is 5.32 Å². The monoisotopic (exact) mass is 221 g/mol. The fourth-order valence-corrected chi connectivity index (χ4v) is 1.77. The van der Waals surface area contributed by atoms with E-state index >= 15 is 0 Å². The zero-order chi connectivity index (χ0) is 11.0. The molecular weight excluding hydrogens is 198 g/mol. The highest BCUT2D eigenvalue weighted by atomic mass is 35.5. The van der Waals surface area contributed by atoms with Gasteiger partial charge in [-0.3, -0.25) is 0 Å². The highest BCUT2D eigenvalue weighted by Crippen LogP contribution is 2.09. The first kappa shape index (κ1) is 14.2. The number of alkyl halides is 1. The van der Waals surface area contributed by atoms with Crippen LogP contribution in [0.25, 0.3) is 0 Å². The van der Waals surface area contributed by atoms with Crippen molar-refractivity contribution in [3.05, 3.63) is 0 Å². The van der Waals surface area contributed by atoms with Crippen molar-refractivity contribution in [1.29, 1.82) is 0 Å². The van der Waals surface area contributed by atoms with Gasteiger partial charge >= 0.3 is 0 Å². The summed E-state index contributed by atoms with van der Waals surface area (Å²) in [5, 5.41) is 3.66. The molecule has 0 aromatic carbocycles. The summed E-state index contributed by atoms with van der Waals surface area (Å²) in [6.07, 6.45) is 2.12. The number of ether oxygens (including phenoxy) is 1. The molecule has 0 aromatic rings. The van der Waals surface area contributed by atoms with Gasteiger partial charge in [0, 0.05) is 31.7 Å². The van der Waals surface area contributed by atoms with Crippen LogP contribution >= 0.6 is 11.6 Å². The molecule has 0 spiro atoms. The van der Waals surface area contributed by atoms with Gasteiger partial charge in [0.25, 0.3) is 0 Å². The Morgan fingerprint density at radius 2 is 1.93 bits per heavy atom. The number of hydrogen-bond donors (Lipinski definition) is 1. The summed E-state index contributed by atoms with van der Waals surface area (Å²) < 4.78 is 5.01. The summed E-state index contributed by atoms with van der Waals surface area (Å²) in [6, 6.07) is 0.489. The molecular formula is C11H24ClNO. The van der Waals surface area contributed by atoms with Gasteiger partial charge in [-0.2, -0.15) is 0 Å². The molecule has 0 saturated heterocycles. The molecule has 2 nitrogen and oxygen atoms in total. The molecule has 1 N–H and O–H groups in total. The first-order chi connectivity index (χ1) is 6.56. The zero-order valence-electron chi connectivity index (χ0n) is 9.85. The van der Waals surface area contributed by atoms with Crippen molar-refractivity contribution >= 4 is 11.6 Å². The highest BCUT2D eigenvalue weighted by Gasteiger charge is 2.08. The van der Waals surface area contributed by atoms with Crippen LogP contribution in [-0.4, -0.2) is 31.7 Å². The van der Waals surface area contributed by atoms with E-state index in [0.717, 1.165) is 26.0 Å². The minimum atomic E-state index is 0.250. The van der Waals surface area contributed by atoms with Crippen molar-refractivity contribution in [2.24, 2.45) is 5.92 Å². The number of rotatable bonds is 8. The fourth-order valence-electron chi connectivity index (χ4n) is 1.32. The predicted molar refractivity (Wildman–Crippen MR) is 63.1 cm³/mol. The molecule has 0 aliphatic heterocycles. The Balaban J connectivity index is 3.40. The molecule has 0 aliphatic carbocycles. The maximum absolute atomic E-state index is 6.16. The Labute approximate surface area is 93.4 Å². The van der Waals surface area contributed by atoms with Crippen LogP contribution in [-0.2, 0) is 4.74 Å². The summed E-state index contributed by atoms with van der Waals surface area (Å²) in [4.78, 5) is 0. The maximum atomic E-state index is 6.16. The quantitative estimate of drug-likeness (QED) is 0.637. The Kier molecular flexibility index (Phi) is 8.64. The first-order valence-electron chi connectivity index (χ1n) is 5.42. The standard InChI is InChI=1S/C11H24ClNO/c1-9(2)7-11(12)8-13-10(3)5-6-14-4/h9-11,13H,5-8H2,1-4H3. The van der Waals surface area contributed by atoms with E-state index in [9.17, 15) is 0 Å². The molecule has 0 bridgehead atoms. The summed E-state index contributed by atoms with van der Waals surface area (Å²) in [6.45, 7) is 8.27. The zero-order valence-corrected chi connectivity index (χ0v) is 10.6. The second-order valence-electron chi connectivity index (χ2n) is 4.32. The van der Waals surface area contributed by atoms with Crippen molar-refractivity contribution in [3.8, 4) is 0 Å². The van der Waals surface area contributed by atoms with E-state index in [1.807, 2.05) is 0 Å². The Bertz CT molecular complexity index is 130. The SMILES string of the molecule is COCCC(C)NCC(Cl)CC(C)C. The van der Waals surface area contributed by atoms with Gasteiger partial charge in [-0.25, -0.2) is 0 Å². The molecule has 14 heavy (non-hydrogen) atoms. The number of halogens is 1. The average molecular weight is 222 g/mol. The smallest absolute Gasteiger partial charge is 0.0476 e. The van der Waals surface area contributed by atoms with Gasteiger partial charge in [0.2, 0.25) is 0 Å². The molecule has 0 aromatic heterocycles. The van der Waals surface area contributed by atoms with Crippen LogP contribution in [0.4, 0.5) is 0 Å². The number of hydrogen-bond acceptors (Lipinski definition) is 2. The van der Waals surface area contributed by atoms with Crippen LogP contribution in [0.2, 0.25) is 0 Å². The fraction of sp³-hybridized carbons (Fsp3) is 1.00. The van der Waals surface area contributed by atoms with Crippen molar-refractivity contribution < 1.29 is 4.74 Å². The Morgan fingerprint density at radius 3 is 2.43 bits per heavy atom. The van der Waals surface area contributed by atoms with E-state index in [-0.39, 0.29) is 5.38 Å². The Hall–Kier alpha value is 0.210. The van der Waals surface area contributed by atoms with Crippen LogP contribution in [0.1, 0.15) is 33.6 Å². The predicted octanol–water partition coefficient (Wildman–Crippen LogP) is 2.65. The third kappa shape index (κ3) is 8.79. The van der Waals surface area contributed by atoms with Crippen molar-refractivity contribution in [2.75, 3.05) is 20.3 Å². The van der Waals surface area contributed by atoms with Crippen LogP contribution in [0.3, 0.4) is 0 Å². The Morgan fingerprint density at radius 1 is 1.29 bits per heavy atom. The molecule has 0 fully saturated rings. The van der Waals surface area contributed by atoms with E-state index < -0.39 is 0 Å². The molecule has 0 amide bonds. The molecule has 0 aliphatic rings. The lowest BCUT2D eigenvalue weighted by Gasteiger charge is -2.17. The molecule has 0 rings (SSSR count). The lowest BCUT2D eigenvalue weighted by Crippen LogP contribution is -2.32. The van der Waals surface area contributed by atoms with Crippen molar-refractivity contribution in [1.82, 2.24) is 5.32 Å². The van der Waals surface area contributed by atoms with Gasteiger partial charge in [-0.05, 0) is 25.7 Å². The summed E-state index contributed by atoms with van der Waals surface area (Å²) >= 11 is 6.16. The third-order valence-electron chi connectivity index (χ3n) is 2.17. The molecule has 2 unspecified atom stereocenters. The van der Waals surface area contributed by atoms with E-state index in [4.69, 9.17) is 16.3 Å². The maximum Gasteiger partial charge on any atom is 0.0476 e. The average Bonchev–Trinajstić information content (AvgIpc) is 2.10. The summed E-state index contributed by atoms with van der Waals surface area (Å²) in [5.74, 6) is 0.675. The normalized spacial score (nSPS) is 15.9. The van der Waals surface area contributed by atoms with E-state index in [0.29, 0.717) is 12.0 Å². The third-order valence-corrected chi connectivity index (χ3v) is 2.50.